The molecule has 2 heterocycles. The number of nitriles is 1. The van der Waals surface area contributed by atoms with Crippen molar-refractivity contribution in [3.63, 3.8) is 0 Å². The molecule has 0 atom stereocenters. The molecule has 4 rings (SSSR count). The van der Waals surface area contributed by atoms with Crippen LogP contribution >= 0.6 is 15.9 Å². The summed E-state index contributed by atoms with van der Waals surface area (Å²) in [6.07, 6.45) is 1.69. The molecule has 0 bridgehead atoms. The van der Waals surface area contributed by atoms with Crippen LogP contribution in [0.2, 0.25) is 0 Å². The molecule has 26 heavy (non-hydrogen) atoms. The zero-order chi connectivity index (χ0) is 17.9. The Morgan fingerprint density at radius 1 is 1.00 bits per heavy atom. The number of fused-ring (bicyclic) bond motifs is 1. The van der Waals surface area contributed by atoms with Crippen LogP contribution in [0, 0.1) is 11.3 Å². The fraction of sp³-hybridized carbons (Fsp3) is 0.105. The number of nitrogens with zero attached hydrogens (tertiary/aromatic N) is 3. The Balaban J connectivity index is 1.55. The number of halogens is 1. The lowest BCUT2D eigenvalue weighted by molar-refractivity contribution is 0.134. The van der Waals surface area contributed by atoms with Crippen LogP contribution in [0.3, 0.4) is 0 Å². The monoisotopic (exact) mass is 407 g/mol. The van der Waals surface area contributed by atoms with Crippen molar-refractivity contribution in [2.75, 3.05) is 10.6 Å². The van der Waals surface area contributed by atoms with E-state index in [4.69, 9.17) is 10.00 Å². The fourth-order valence-corrected chi connectivity index (χ4v) is 3.23. The minimum Gasteiger partial charge on any atom is -0.372 e. The van der Waals surface area contributed by atoms with Crippen molar-refractivity contribution >= 4 is 39.1 Å². The lowest BCUT2D eigenvalue weighted by Gasteiger charge is -2.12. The van der Waals surface area contributed by atoms with Gasteiger partial charge in [-0.3, -0.25) is 0 Å². The summed E-state index contributed by atoms with van der Waals surface area (Å²) in [5.74, 6) is 1.16. The molecule has 3 aromatic rings. The minimum atomic E-state index is 0.477. The molecule has 0 fully saturated rings. The molecule has 1 aliphatic heterocycles. The summed E-state index contributed by atoms with van der Waals surface area (Å²) in [5, 5.41) is 15.3. The largest absolute Gasteiger partial charge is 0.372 e. The van der Waals surface area contributed by atoms with Gasteiger partial charge in [-0.2, -0.15) is 10.2 Å². The quantitative estimate of drug-likeness (QED) is 0.655. The van der Waals surface area contributed by atoms with Crippen molar-refractivity contribution < 1.29 is 4.74 Å². The van der Waals surface area contributed by atoms with Crippen LogP contribution in [0.5, 0.6) is 0 Å². The average Bonchev–Trinajstić information content (AvgIpc) is 3.16. The summed E-state index contributed by atoms with van der Waals surface area (Å²) in [4.78, 5) is 8.75. The first kappa shape index (κ1) is 16.5. The van der Waals surface area contributed by atoms with Crippen LogP contribution in [-0.2, 0) is 18.0 Å². The normalized spacial score (nSPS) is 12.3. The van der Waals surface area contributed by atoms with Crippen molar-refractivity contribution in [2.24, 2.45) is 0 Å². The highest BCUT2D eigenvalue weighted by atomic mass is 79.9. The van der Waals surface area contributed by atoms with Gasteiger partial charge in [0.15, 0.2) is 0 Å². The van der Waals surface area contributed by atoms with Gasteiger partial charge < -0.3 is 15.4 Å². The molecule has 6 nitrogen and oxygen atoms in total. The summed E-state index contributed by atoms with van der Waals surface area (Å²) in [6, 6.07) is 15.1. The first-order valence-corrected chi connectivity index (χ1v) is 8.77. The van der Waals surface area contributed by atoms with Crippen LogP contribution in [0.1, 0.15) is 16.7 Å². The highest BCUT2D eigenvalue weighted by Gasteiger charge is 2.18. The summed E-state index contributed by atoms with van der Waals surface area (Å²) >= 11 is 3.56. The van der Waals surface area contributed by atoms with Crippen LogP contribution in [0.15, 0.2) is 53.1 Å². The summed E-state index contributed by atoms with van der Waals surface area (Å²) in [5.41, 5.74) is 4.71. The smallest absolute Gasteiger partial charge is 0.229 e. The van der Waals surface area contributed by atoms with E-state index in [9.17, 15) is 0 Å². The first-order valence-electron chi connectivity index (χ1n) is 7.98. The Morgan fingerprint density at radius 2 is 1.81 bits per heavy atom. The molecule has 1 aromatic heterocycles. The molecule has 0 unspecified atom stereocenters. The van der Waals surface area contributed by atoms with Gasteiger partial charge in [-0.1, -0.05) is 15.9 Å². The van der Waals surface area contributed by atoms with Crippen molar-refractivity contribution in [1.82, 2.24) is 9.97 Å². The van der Waals surface area contributed by atoms with E-state index in [-0.39, 0.29) is 0 Å². The Hall–Kier alpha value is -2.95. The van der Waals surface area contributed by atoms with E-state index >= 15 is 0 Å². The number of nitrogens with one attached hydrogen (secondary N) is 2. The molecule has 1 aliphatic rings. The molecular weight excluding hydrogens is 394 g/mol. The van der Waals surface area contributed by atoms with Crippen LogP contribution in [0.4, 0.5) is 23.1 Å². The molecule has 0 saturated heterocycles. The number of hydrogen-bond acceptors (Lipinski definition) is 6. The van der Waals surface area contributed by atoms with Gasteiger partial charge in [-0.25, -0.2) is 4.98 Å². The van der Waals surface area contributed by atoms with Gasteiger partial charge in [0.1, 0.15) is 5.82 Å². The van der Waals surface area contributed by atoms with Crippen molar-refractivity contribution in [3.05, 3.63) is 69.8 Å². The lowest BCUT2D eigenvalue weighted by Crippen LogP contribution is -2.02. The number of hydrogen-bond donors (Lipinski definition) is 2. The van der Waals surface area contributed by atoms with Gasteiger partial charge in [0.05, 0.1) is 24.8 Å². The van der Waals surface area contributed by atoms with E-state index in [0.717, 1.165) is 21.4 Å². The Morgan fingerprint density at radius 3 is 2.62 bits per heavy atom. The van der Waals surface area contributed by atoms with Gasteiger partial charge in [0, 0.05) is 27.6 Å². The zero-order valence-corrected chi connectivity index (χ0v) is 15.2. The Labute approximate surface area is 159 Å². The van der Waals surface area contributed by atoms with Crippen molar-refractivity contribution in [1.29, 1.82) is 5.26 Å². The Bertz CT molecular complexity index is 998. The maximum atomic E-state index is 8.86. The minimum absolute atomic E-state index is 0.477. The van der Waals surface area contributed by atoms with Gasteiger partial charge in [-0.05, 0) is 48.0 Å². The van der Waals surface area contributed by atoms with E-state index in [2.05, 4.69) is 42.6 Å². The van der Waals surface area contributed by atoms with Crippen molar-refractivity contribution in [3.8, 4) is 6.07 Å². The first-order chi connectivity index (χ1) is 12.7. The standard InChI is InChI=1S/C19H14BrN5O/c20-16-5-6-17(15-11-26-10-14(15)16)24-18-7-8-22-19(25-18)23-13-3-1-12(9-21)2-4-13/h1-8H,10-11H2,(H2,22,23,24,25). The maximum absolute atomic E-state index is 8.86. The maximum Gasteiger partial charge on any atom is 0.229 e. The molecule has 128 valence electrons. The second-order valence-electron chi connectivity index (χ2n) is 5.75. The second-order valence-corrected chi connectivity index (χ2v) is 6.60. The van der Waals surface area contributed by atoms with Gasteiger partial charge >= 0.3 is 0 Å². The molecule has 0 spiro atoms. The number of rotatable bonds is 4. The van der Waals surface area contributed by atoms with E-state index in [0.29, 0.717) is 30.5 Å². The van der Waals surface area contributed by atoms with Gasteiger partial charge in [0.25, 0.3) is 0 Å². The van der Waals surface area contributed by atoms with Crippen LogP contribution in [0.25, 0.3) is 0 Å². The van der Waals surface area contributed by atoms with E-state index in [1.165, 1.54) is 5.56 Å². The summed E-state index contributed by atoms with van der Waals surface area (Å²) < 4.78 is 6.61. The third kappa shape index (κ3) is 3.38. The number of aromatic nitrogens is 2. The molecule has 0 saturated carbocycles. The molecule has 2 N–H and O–H groups in total. The van der Waals surface area contributed by atoms with E-state index in [1.807, 2.05) is 30.3 Å². The zero-order valence-electron chi connectivity index (χ0n) is 13.7. The molecule has 0 amide bonds. The predicted octanol–water partition coefficient (Wildman–Crippen LogP) is 4.63. The third-order valence-electron chi connectivity index (χ3n) is 4.06. The number of benzene rings is 2. The average molecular weight is 408 g/mol. The fourth-order valence-electron chi connectivity index (χ4n) is 2.74. The van der Waals surface area contributed by atoms with E-state index in [1.54, 1.807) is 18.3 Å². The van der Waals surface area contributed by atoms with Crippen LogP contribution < -0.4 is 10.6 Å². The predicted molar refractivity (Wildman–Crippen MR) is 102 cm³/mol. The lowest BCUT2D eigenvalue weighted by atomic mass is 10.1. The molecule has 7 heteroatoms. The number of anilines is 4. The molecule has 0 radical (unpaired) electrons. The third-order valence-corrected chi connectivity index (χ3v) is 4.80. The van der Waals surface area contributed by atoms with E-state index < -0.39 is 0 Å². The van der Waals surface area contributed by atoms with Crippen LogP contribution in [-0.4, -0.2) is 9.97 Å². The van der Waals surface area contributed by atoms with Gasteiger partial charge in [-0.15, -0.1) is 0 Å². The molecular formula is C19H14BrN5O. The number of ether oxygens (including phenoxy) is 1. The SMILES string of the molecule is N#Cc1ccc(Nc2nccc(Nc3ccc(Br)c4c3COC4)n2)cc1. The second kappa shape index (κ2) is 7.12. The molecule has 2 aromatic carbocycles. The highest BCUT2D eigenvalue weighted by Crippen LogP contribution is 2.34. The summed E-state index contributed by atoms with van der Waals surface area (Å²) in [7, 11) is 0. The summed E-state index contributed by atoms with van der Waals surface area (Å²) in [6.45, 7) is 1.19. The van der Waals surface area contributed by atoms with Gasteiger partial charge in [0.2, 0.25) is 5.95 Å². The molecule has 0 aliphatic carbocycles. The van der Waals surface area contributed by atoms with Crippen molar-refractivity contribution in [2.45, 2.75) is 13.2 Å². The highest BCUT2D eigenvalue weighted by molar-refractivity contribution is 9.10. The topological polar surface area (TPSA) is 82.9 Å². The Kier molecular flexibility index (Phi) is 4.52.